The Bertz CT molecular complexity index is 120. The van der Waals surface area contributed by atoms with Crippen molar-refractivity contribution in [2.24, 2.45) is 5.92 Å². The van der Waals surface area contributed by atoms with Gasteiger partial charge in [-0.3, -0.25) is 4.90 Å². The molecule has 3 heteroatoms. The summed E-state index contributed by atoms with van der Waals surface area (Å²) in [6, 6.07) is 0. The Morgan fingerprint density at radius 2 is 1.92 bits per heavy atom. The van der Waals surface area contributed by atoms with E-state index in [2.05, 4.69) is 36.5 Å². The summed E-state index contributed by atoms with van der Waals surface area (Å²) in [6.45, 7) is 3.73. The topological polar surface area (TPSA) is 6.48 Å². The molecule has 1 rings (SSSR count). The van der Waals surface area contributed by atoms with Gasteiger partial charge in [0.1, 0.15) is 0 Å². The maximum Gasteiger partial charge on any atom is 0.0414 e. The molecular formula is C9H20N2S. The van der Waals surface area contributed by atoms with Crippen LogP contribution >= 0.6 is 12.6 Å². The summed E-state index contributed by atoms with van der Waals surface area (Å²) in [7, 11) is 4.32. The monoisotopic (exact) mass is 188 g/mol. The van der Waals surface area contributed by atoms with Crippen LogP contribution in [-0.2, 0) is 0 Å². The molecule has 0 spiro atoms. The molecular weight excluding hydrogens is 168 g/mol. The molecule has 0 bridgehead atoms. The standard InChI is InChI=1S/C9H20N2S/c1-10(2)7-9-3-5-11(8-12)6-4-9/h9,12H,3-8H2,1-2H3. The minimum absolute atomic E-state index is 0.913. The fourth-order valence-corrected chi connectivity index (χ4v) is 2.11. The highest BCUT2D eigenvalue weighted by molar-refractivity contribution is 7.80. The molecule has 1 fully saturated rings. The third-order valence-corrected chi connectivity index (χ3v) is 2.93. The lowest BCUT2D eigenvalue weighted by atomic mass is 9.97. The van der Waals surface area contributed by atoms with Crippen LogP contribution in [0.5, 0.6) is 0 Å². The molecule has 0 atom stereocenters. The van der Waals surface area contributed by atoms with Crippen LogP contribution in [0.4, 0.5) is 0 Å². The van der Waals surface area contributed by atoms with Crippen molar-refractivity contribution in [2.45, 2.75) is 12.8 Å². The summed E-state index contributed by atoms with van der Waals surface area (Å²) in [5, 5.41) is 0. The van der Waals surface area contributed by atoms with Gasteiger partial charge in [0.2, 0.25) is 0 Å². The summed E-state index contributed by atoms with van der Waals surface area (Å²) in [5.74, 6) is 1.84. The zero-order chi connectivity index (χ0) is 8.97. The molecule has 0 aromatic carbocycles. The summed E-state index contributed by atoms with van der Waals surface area (Å²) in [4.78, 5) is 4.70. The zero-order valence-electron chi connectivity index (χ0n) is 8.16. The van der Waals surface area contributed by atoms with Gasteiger partial charge in [-0.25, -0.2) is 0 Å². The summed E-state index contributed by atoms with van der Waals surface area (Å²) >= 11 is 4.28. The second-order valence-electron chi connectivity index (χ2n) is 3.97. The molecule has 0 N–H and O–H groups in total. The average molecular weight is 188 g/mol. The number of hydrogen-bond donors (Lipinski definition) is 1. The normalized spacial score (nSPS) is 22.0. The van der Waals surface area contributed by atoms with Crippen LogP contribution in [0.25, 0.3) is 0 Å². The van der Waals surface area contributed by atoms with Crippen molar-refractivity contribution in [1.29, 1.82) is 0 Å². The summed E-state index contributed by atoms with van der Waals surface area (Å²) in [6.07, 6.45) is 2.69. The first-order chi connectivity index (χ1) is 5.72. The van der Waals surface area contributed by atoms with Crippen molar-refractivity contribution in [3.8, 4) is 0 Å². The van der Waals surface area contributed by atoms with E-state index in [-0.39, 0.29) is 0 Å². The smallest absolute Gasteiger partial charge is 0.0414 e. The van der Waals surface area contributed by atoms with Gasteiger partial charge in [0.25, 0.3) is 0 Å². The van der Waals surface area contributed by atoms with Crippen LogP contribution in [-0.4, -0.2) is 49.4 Å². The van der Waals surface area contributed by atoms with Crippen LogP contribution in [0.15, 0.2) is 0 Å². The number of likely N-dealkylation sites (tertiary alicyclic amines) is 1. The number of hydrogen-bond acceptors (Lipinski definition) is 3. The van der Waals surface area contributed by atoms with Crippen molar-refractivity contribution in [2.75, 3.05) is 39.6 Å². The van der Waals surface area contributed by atoms with Gasteiger partial charge in [-0.2, -0.15) is 12.6 Å². The van der Waals surface area contributed by atoms with Crippen LogP contribution in [0.2, 0.25) is 0 Å². The Kier molecular flexibility index (Phi) is 4.40. The molecule has 12 heavy (non-hydrogen) atoms. The molecule has 0 aromatic rings. The van der Waals surface area contributed by atoms with Crippen molar-refractivity contribution < 1.29 is 0 Å². The molecule has 0 aliphatic carbocycles. The Labute approximate surface area is 81.3 Å². The molecule has 1 heterocycles. The van der Waals surface area contributed by atoms with E-state index in [0.717, 1.165) is 11.8 Å². The van der Waals surface area contributed by atoms with Gasteiger partial charge in [-0.05, 0) is 45.9 Å². The highest BCUT2D eigenvalue weighted by Crippen LogP contribution is 2.17. The van der Waals surface area contributed by atoms with E-state index < -0.39 is 0 Å². The van der Waals surface area contributed by atoms with Crippen LogP contribution in [0.3, 0.4) is 0 Å². The number of nitrogens with zero attached hydrogens (tertiary/aromatic N) is 2. The minimum atomic E-state index is 0.913. The van der Waals surface area contributed by atoms with Gasteiger partial charge in [-0.1, -0.05) is 0 Å². The average Bonchev–Trinajstić information content (AvgIpc) is 2.05. The lowest BCUT2D eigenvalue weighted by Gasteiger charge is -2.31. The lowest BCUT2D eigenvalue weighted by Crippen LogP contribution is -2.36. The van der Waals surface area contributed by atoms with Crippen molar-refractivity contribution in [3.05, 3.63) is 0 Å². The quantitative estimate of drug-likeness (QED) is 0.664. The SMILES string of the molecule is CN(C)CC1CCN(CS)CC1. The van der Waals surface area contributed by atoms with E-state index in [1.165, 1.54) is 32.5 Å². The Balaban J connectivity index is 2.17. The van der Waals surface area contributed by atoms with Gasteiger partial charge >= 0.3 is 0 Å². The third-order valence-electron chi connectivity index (χ3n) is 2.53. The maximum atomic E-state index is 4.28. The van der Waals surface area contributed by atoms with E-state index in [9.17, 15) is 0 Å². The molecule has 0 amide bonds. The Morgan fingerprint density at radius 3 is 2.33 bits per heavy atom. The number of thiol groups is 1. The molecule has 1 saturated heterocycles. The first kappa shape index (κ1) is 10.4. The van der Waals surface area contributed by atoms with Crippen molar-refractivity contribution in [1.82, 2.24) is 9.80 Å². The van der Waals surface area contributed by atoms with Gasteiger partial charge in [0.15, 0.2) is 0 Å². The van der Waals surface area contributed by atoms with Crippen molar-refractivity contribution in [3.63, 3.8) is 0 Å². The minimum Gasteiger partial charge on any atom is -0.309 e. The number of rotatable bonds is 3. The Hall–Kier alpha value is 0.270. The fourth-order valence-electron chi connectivity index (χ4n) is 1.83. The maximum absolute atomic E-state index is 4.28. The molecule has 0 radical (unpaired) electrons. The second kappa shape index (κ2) is 5.10. The second-order valence-corrected chi connectivity index (χ2v) is 4.25. The molecule has 2 nitrogen and oxygen atoms in total. The van der Waals surface area contributed by atoms with Crippen molar-refractivity contribution >= 4 is 12.6 Å². The van der Waals surface area contributed by atoms with E-state index in [1.54, 1.807) is 0 Å². The van der Waals surface area contributed by atoms with E-state index >= 15 is 0 Å². The molecule has 1 aliphatic rings. The van der Waals surface area contributed by atoms with Crippen LogP contribution in [0.1, 0.15) is 12.8 Å². The van der Waals surface area contributed by atoms with Gasteiger partial charge in [0.05, 0.1) is 0 Å². The van der Waals surface area contributed by atoms with E-state index in [1.807, 2.05) is 0 Å². The first-order valence-corrected chi connectivity index (χ1v) is 5.33. The zero-order valence-corrected chi connectivity index (χ0v) is 9.06. The number of piperidine rings is 1. The molecule has 0 saturated carbocycles. The highest BCUT2D eigenvalue weighted by Gasteiger charge is 2.18. The van der Waals surface area contributed by atoms with E-state index in [0.29, 0.717) is 0 Å². The molecule has 1 aliphatic heterocycles. The molecule has 0 unspecified atom stereocenters. The predicted octanol–water partition coefficient (Wildman–Crippen LogP) is 1.15. The molecule has 72 valence electrons. The molecule has 0 aromatic heterocycles. The lowest BCUT2D eigenvalue weighted by molar-refractivity contribution is 0.183. The third kappa shape index (κ3) is 3.33. The van der Waals surface area contributed by atoms with Crippen LogP contribution in [0, 0.1) is 5.92 Å². The van der Waals surface area contributed by atoms with Gasteiger partial charge in [0, 0.05) is 12.4 Å². The van der Waals surface area contributed by atoms with Crippen LogP contribution < -0.4 is 0 Å². The fraction of sp³-hybridized carbons (Fsp3) is 1.00. The van der Waals surface area contributed by atoms with Gasteiger partial charge < -0.3 is 4.90 Å². The highest BCUT2D eigenvalue weighted by atomic mass is 32.1. The van der Waals surface area contributed by atoms with E-state index in [4.69, 9.17) is 0 Å². The summed E-state index contributed by atoms with van der Waals surface area (Å²) < 4.78 is 0. The first-order valence-electron chi connectivity index (χ1n) is 4.70. The summed E-state index contributed by atoms with van der Waals surface area (Å²) in [5.41, 5.74) is 0. The predicted molar refractivity (Wildman–Crippen MR) is 56.7 cm³/mol. The largest absolute Gasteiger partial charge is 0.309 e. The van der Waals surface area contributed by atoms with Gasteiger partial charge in [-0.15, -0.1) is 0 Å². The Morgan fingerprint density at radius 1 is 1.33 bits per heavy atom.